The number of nitrogens with one attached hydrogen (secondary N) is 1. The third-order valence-electron chi connectivity index (χ3n) is 5.99. The molecule has 0 aromatic heterocycles. The summed E-state index contributed by atoms with van der Waals surface area (Å²) in [4.78, 5) is 14.5. The smallest absolute Gasteiger partial charge is 0.331 e. The van der Waals surface area contributed by atoms with Gasteiger partial charge in [0.15, 0.2) is 9.84 Å². The van der Waals surface area contributed by atoms with Crippen LogP contribution in [0.3, 0.4) is 0 Å². The average Bonchev–Trinajstić information content (AvgIpc) is 2.63. The van der Waals surface area contributed by atoms with Crippen LogP contribution in [0.5, 0.6) is 0 Å². The number of likely N-dealkylation sites (tertiary alicyclic amines) is 1. The van der Waals surface area contributed by atoms with Crippen LogP contribution in [0, 0.1) is 11.8 Å². The van der Waals surface area contributed by atoms with Crippen molar-refractivity contribution in [2.45, 2.75) is 50.4 Å². The maximum atomic E-state index is 13.4. The van der Waals surface area contributed by atoms with Gasteiger partial charge in [0.1, 0.15) is 0 Å². The summed E-state index contributed by atoms with van der Waals surface area (Å²) in [7, 11) is -3.35. The molecule has 1 aromatic rings. The molecule has 3 atom stereocenters. The molecule has 30 heavy (non-hydrogen) atoms. The lowest BCUT2D eigenvalue weighted by Gasteiger charge is -2.41. The highest BCUT2D eigenvalue weighted by Crippen LogP contribution is 2.42. The van der Waals surface area contributed by atoms with Crippen LogP contribution in [-0.4, -0.2) is 44.4 Å². The van der Waals surface area contributed by atoms with Crippen molar-refractivity contribution in [2.24, 2.45) is 11.8 Å². The largest absolute Gasteiger partial charge is 0.391 e. The van der Waals surface area contributed by atoms with E-state index in [9.17, 15) is 26.4 Å². The van der Waals surface area contributed by atoms with E-state index < -0.39 is 40.0 Å². The Kier molecular flexibility index (Phi) is 6.79. The molecule has 1 aliphatic heterocycles. The van der Waals surface area contributed by atoms with Crippen molar-refractivity contribution in [1.29, 1.82) is 0 Å². The van der Waals surface area contributed by atoms with Crippen molar-refractivity contribution in [3.8, 4) is 0 Å². The number of hydrogen-bond acceptors (Lipinski definition) is 3. The van der Waals surface area contributed by atoms with Gasteiger partial charge in [0.2, 0.25) is 0 Å². The minimum Gasteiger partial charge on any atom is -0.331 e. The van der Waals surface area contributed by atoms with Crippen LogP contribution in [0.1, 0.15) is 43.7 Å². The normalized spacial score (nSPS) is 24.5. The minimum absolute atomic E-state index is 0.0112. The van der Waals surface area contributed by atoms with Crippen LogP contribution in [0.4, 0.5) is 18.0 Å². The molecule has 1 aromatic carbocycles. The third kappa shape index (κ3) is 5.77. The Morgan fingerprint density at radius 1 is 1.20 bits per heavy atom. The standard InChI is InChI=1S/C21H27F3N2O3S/c1-30(28,29)13-11-18(15-8-5-9-15)25-20(27)26-12-10-17(21(22,23)24)14-19(26)16-6-3-2-4-7-16/h2-4,6-7,11,13,15,17-19H,5,8-10,12,14H2,1H3,(H,25,27)/b13-11+/t17-,18?,19+/m0/s1. The summed E-state index contributed by atoms with van der Waals surface area (Å²) in [6.07, 6.45) is 0.680. The number of carbonyl (C=O) groups is 1. The van der Waals surface area contributed by atoms with E-state index >= 15 is 0 Å². The van der Waals surface area contributed by atoms with Crippen LogP contribution in [0.25, 0.3) is 0 Å². The number of piperidine rings is 1. The molecule has 166 valence electrons. The number of rotatable bonds is 5. The Morgan fingerprint density at radius 2 is 1.87 bits per heavy atom. The van der Waals surface area contributed by atoms with Crippen molar-refractivity contribution in [2.75, 3.05) is 12.8 Å². The highest BCUT2D eigenvalue weighted by Gasteiger charge is 2.46. The summed E-state index contributed by atoms with van der Waals surface area (Å²) < 4.78 is 63.1. The first kappa shape index (κ1) is 22.7. The first-order valence-electron chi connectivity index (χ1n) is 10.1. The molecular formula is C21H27F3N2O3S. The lowest BCUT2D eigenvalue weighted by molar-refractivity contribution is -0.188. The van der Waals surface area contributed by atoms with Gasteiger partial charge in [-0.2, -0.15) is 13.2 Å². The number of benzene rings is 1. The maximum Gasteiger partial charge on any atom is 0.391 e. The first-order valence-corrected chi connectivity index (χ1v) is 12.1. The van der Waals surface area contributed by atoms with Crippen molar-refractivity contribution >= 4 is 15.9 Å². The van der Waals surface area contributed by atoms with Crippen molar-refractivity contribution in [1.82, 2.24) is 10.2 Å². The summed E-state index contributed by atoms with van der Waals surface area (Å²) in [6, 6.07) is 7.13. The van der Waals surface area contributed by atoms with E-state index in [1.807, 2.05) is 0 Å². The monoisotopic (exact) mass is 444 g/mol. The van der Waals surface area contributed by atoms with E-state index in [0.29, 0.717) is 5.56 Å². The Balaban J connectivity index is 1.80. The van der Waals surface area contributed by atoms with Crippen molar-refractivity contribution in [3.63, 3.8) is 0 Å². The molecule has 1 saturated heterocycles. The number of hydrogen-bond donors (Lipinski definition) is 1. The van der Waals surface area contributed by atoms with Crippen LogP contribution >= 0.6 is 0 Å². The number of carbonyl (C=O) groups excluding carboxylic acids is 1. The molecule has 1 saturated carbocycles. The Hall–Kier alpha value is -2.03. The molecule has 1 heterocycles. The van der Waals surface area contributed by atoms with Gasteiger partial charge in [-0.25, -0.2) is 13.2 Å². The number of sulfone groups is 1. The third-order valence-corrected chi connectivity index (χ3v) is 6.64. The highest BCUT2D eigenvalue weighted by molar-refractivity contribution is 7.93. The van der Waals surface area contributed by atoms with Crippen molar-refractivity contribution < 1.29 is 26.4 Å². The highest BCUT2D eigenvalue weighted by atomic mass is 32.2. The van der Waals surface area contributed by atoms with E-state index in [1.165, 1.54) is 11.0 Å². The summed E-state index contributed by atoms with van der Waals surface area (Å²) in [5.74, 6) is -1.32. The van der Waals surface area contributed by atoms with Gasteiger partial charge in [-0.3, -0.25) is 0 Å². The predicted octanol–water partition coefficient (Wildman–Crippen LogP) is 4.44. The minimum atomic E-state index is -4.30. The summed E-state index contributed by atoms with van der Waals surface area (Å²) >= 11 is 0. The van der Waals surface area contributed by atoms with Gasteiger partial charge < -0.3 is 10.2 Å². The second kappa shape index (κ2) is 8.99. The molecule has 2 fully saturated rings. The zero-order chi connectivity index (χ0) is 21.9. The first-order chi connectivity index (χ1) is 14.0. The van der Waals surface area contributed by atoms with Crippen LogP contribution < -0.4 is 5.32 Å². The molecule has 0 spiro atoms. The molecule has 0 radical (unpaired) electrons. The van der Waals surface area contributed by atoms with E-state index in [1.54, 1.807) is 30.3 Å². The molecule has 2 aliphatic rings. The fourth-order valence-corrected chi connectivity index (χ4v) is 4.53. The Labute approximate surface area is 175 Å². The van der Waals surface area contributed by atoms with Crippen LogP contribution in [-0.2, 0) is 9.84 Å². The molecule has 1 aliphatic carbocycles. The molecule has 3 rings (SSSR count). The summed E-state index contributed by atoms with van der Waals surface area (Å²) in [5.41, 5.74) is 0.661. The van der Waals surface area contributed by atoms with Gasteiger partial charge in [-0.15, -0.1) is 0 Å². The quantitative estimate of drug-likeness (QED) is 0.730. The van der Waals surface area contributed by atoms with Crippen LogP contribution in [0.15, 0.2) is 41.8 Å². The predicted molar refractivity (Wildman–Crippen MR) is 108 cm³/mol. The zero-order valence-corrected chi connectivity index (χ0v) is 17.6. The summed E-state index contributed by atoms with van der Waals surface area (Å²) in [5, 5.41) is 3.95. The fraction of sp³-hybridized carbons (Fsp3) is 0.571. The number of alkyl halides is 3. The van der Waals surface area contributed by atoms with Gasteiger partial charge in [-0.1, -0.05) is 42.8 Å². The number of halogens is 3. The van der Waals surface area contributed by atoms with Gasteiger partial charge in [0.05, 0.1) is 18.0 Å². The number of amides is 2. The second-order valence-corrected chi connectivity index (χ2v) is 10.1. The molecule has 5 nitrogen and oxygen atoms in total. The Bertz CT molecular complexity index is 867. The average molecular weight is 445 g/mol. The molecule has 9 heteroatoms. The number of nitrogens with zero attached hydrogens (tertiary/aromatic N) is 1. The van der Waals surface area contributed by atoms with E-state index in [2.05, 4.69) is 5.32 Å². The van der Waals surface area contributed by atoms with E-state index in [4.69, 9.17) is 0 Å². The maximum absolute atomic E-state index is 13.4. The van der Waals surface area contributed by atoms with Gasteiger partial charge in [-0.05, 0) is 37.2 Å². The molecule has 2 amide bonds. The van der Waals surface area contributed by atoms with Crippen molar-refractivity contribution in [3.05, 3.63) is 47.4 Å². The molecule has 0 bridgehead atoms. The lowest BCUT2D eigenvalue weighted by atomic mass is 9.79. The zero-order valence-electron chi connectivity index (χ0n) is 16.8. The SMILES string of the molecule is CS(=O)(=O)/C=C/C(NC(=O)N1CC[C@H](C(F)(F)F)C[C@@H]1c1ccccc1)C1CCC1. The second-order valence-electron chi connectivity index (χ2n) is 8.21. The Morgan fingerprint density at radius 3 is 2.40 bits per heavy atom. The fourth-order valence-electron chi connectivity index (χ4n) is 4.07. The number of urea groups is 1. The van der Waals surface area contributed by atoms with Gasteiger partial charge >= 0.3 is 12.2 Å². The molecular weight excluding hydrogens is 417 g/mol. The topological polar surface area (TPSA) is 66.5 Å². The van der Waals surface area contributed by atoms with E-state index in [0.717, 1.165) is 30.9 Å². The lowest BCUT2D eigenvalue weighted by Crippen LogP contribution is -2.52. The van der Waals surface area contributed by atoms with E-state index in [-0.39, 0.29) is 25.3 Å². The van der Waals surface area contributed by atoms with Gasteiger partial charge in [0, 0.05) is 18.2 Å². The van der Waals surface area contributed by atoms with Crippen LogP contribution in [0.2, 0.25) is 0 Å². The molecule has 1 N–H and O–H groups in total. The molecule has 1 unspecified atom stereocenters. The summed E-state index contributed by atoms with van der Waals surface area (Å²) in [6.45, 7) is -0.0112. The van der Waals surface area contributed by atoms with Gasteiger partial charge in [0.25, 0.3) is 0 Å².